The molecule has 2 fully saturated rings. The van der Waals surface area contributed by atoms with Gasteiger partial charge in [-0.25, -0.2) is 0 Å². The number of hydrogen-bond donors (Lipinski definition) is 0. The Bertz CT molecular complexity index is 976. The first-order valence-corrected chi connectivity index (χ1v) is 12.1. The maximum Gasteiger partial charge on any atom is 0.259 e. The Morgan fingerprint density at radius 1 is 1.14 bits per heavy atom. The Morgan fingerprint density at radius 3 is 2.63 bits per heavy atom. The Kier molecular flexibility index (Phi) is 8.25. The summed E-state index contributed by atoms with van der Waals surface area (Å²) >= 11 is 0. The maximum atomic E-state index is 13.4. The van der Waals surface area contributed by atoms with Crippen LogP contribution in [0.3, 0.4) is 0 Å². The molecule has 1 aliphatic carbocycles. The van der Waals surface area contributed by atoms with Crippen molar-refractivity contribution in [1.29, 1.82) is 0 Å². The number of ether oxygens (including phenoxy) is 5. The van der Waals surface area contributed by atoms with Crippen LogP contribution in [0.5, 0.6) is 11.5 Å². The third kappa shape index (κ3) is 5.76. The molecule has 10 heteroatoms. The number of aryl methyl sites for hydroxylation is 1. The molecule has 0 radical (unpaired) electrons. The van der Waals surface area contributed by atoms with E-state index in [1.807, 2.05) is 19.2 Å². The van der Waals surface area contributed by atoms with Gasteiger partial charge < -0.3 is 28.6 Å². The predicted octanol–water partition coefficient (Wildman–Crippen LogP) is 2.57. The van der Waals surface area contributed by atoms with Crippen LogP contribution in [0.4, 0.5) is 0 Å². The second kappa shape index (κ2) is 11.4. The molecule has 0 N–H and O–H groups in total. The maximum absolute atomic E-state index is 13.4. The van der Waals surface area contributed by atoms with Crippen LogP contribution in [0, 0.1) is 5.92 Å². The molecule has 35 heavy (non-hydrogen) atoms. The Morgan fingerprint density at radius 2 is 1.94 bits per heavy atom. The van der Waals surface area contributed by atoms with Gasteiger partial charge in [0, 0.05) is 45.6 Å². The number of methoxy groups -OCH3 is 2. The number of β-lactam (4-membered cyclic amide) rings is 1. The third-order valence-corrected chi connectivity index (χ3v) is 6.83. The average Bonchev–Trinajstić information content (AvgIpc) is 3.28. The second-order valence-electron chi connectivity index (χ2n) is 9.47. The van der Waals surface area contributed by atoms with Crippen molar-refractivity contribution in [1.82, 2.24) is 19.7 Å². The Balaban J connectivity index is 1.52. The van der Waals surface area contributed by atoms with E-state index in [1.165, 1.54) is 20.0 Å². The van der Waals surface area contributed by atoms with E-state index in [2.05, 4.69) is 17.0 Å². The molecule has 1 saturated carbocycles. The topological polar surface area (TPSA) is 97.2 Å². The molecule has 0 spiro atoms. The van der Waals surface area contributed by atoms with Gasteiger partial charge in [-0.1, -0.05) is 6.92 Å². The van der Waals surface area contributed by atoms with Gasteiger partial charge in [0.25, 0.3) is 5.91 Å². The van der Waals surface area contributed by atoms with E-state index in [0.29, 0.717) is 11.4 Å². The summed E-state index contributed by atoms with van der Waals surface area (Å²) in [5.74, 6) is 1.94. The normalized spacial score (nSPS) is 26.5. The average molecular weight is 489 g/mol. The van der Waals surface area contributed by atoms with Crippen molar-refractivity contribution in [2.75, 3.05) is 34.4 Å². The lowest BCUT2D eigenvalue weighted by Gasteiger charge is -2.54. The van der Waals surface area contributed by atoms with E-state index in [4.69, 9.17) is 23.7 Å². The van der Waals surface area contributed by atoms with Gasteiger partial charge >= 0.3 is 0 Å². The van der Waals surface area contributed by atoms with E-state index >= 15 is 0 Å². The number of aromatic nitrogens is 3. The van der Waals surface area contributed by atoms with E-state index in [0.717, 1.165) is 24.5 Å². The molecular weight excluding hydrogens is 452 g/mol. The SMILES string of the molecule is COCO[C@@]1(Cc2cc(OC3CCC(C)CC3)ccn2)C(=O)N(COC)[C@H]1COc1cnn(C)c1. The van der Waals surface area contributed by atoms with Crippen molar-refractivity contribution < 1.29 is 28.5 Å². The van der Waals surface area contributed by atoms with Crippen molar-refractivity contribution >= 4 is 5.91 Å². The van der Waals surface area contributed by atoms with Gasteiger partial charge in [0.15, 0.2) is 11.4 Å². The molecule has 2 atom stereocenters. The molecule has 192 valence electrons. The molecule has 0 bridgehead atoms. The fraction of sp³-hybridized carbons (Fsp3) is 0.640. The second-order valence-corrected chi connectivity index (χ2v) is 9.47. The molecule has 4 rings (SSSR count). The largest absolute Gasteiger partial charge is 0.490 e. The highest BCUT2D eigenvalue weighted by molar-refractivity contribution is 5.93. The summed E-state index contributed by atoms with van der Waals surface area (Å²) in [7, 11) is 4.90. The van der Waals surface area contributed by atoms with Crippen LogP contribution in [0.15, 0.2) is 30.7 Å². The molecule has 0 aromatic carbocycles. The Labute approximate surface area is 206 Å². The lowest BCUT2D eigenvalue weighted by molar-refractivity contribution is -0.236. The quantitative estimate of drug-likeness (QED) is 0.332. The summed E-state index contributed by atoms with van der Waals surface area (Å²) in [6.45, 7) is 2.60. The highest BCUT2D eigenvalue weighted by atomic mass is 16.7. The van der Waals surface area contributed by atoms with Gasteiger partial charge in [-0.15, -0.1) is 0 Å². The number of likely N-dealkylation sites (tertiary alicyclic amines) is 1. The summed E-state index contributed by atoms with van der Waals surface area (Å²) in [5.41, 5.74) is -0.484. The van der Waals surface area contributed by atoms with E-state index in [-0.39, 0.29) is 38.6 Å². The lowest BCUT2D eigenvalue weighted by Crippen LogP contribution is -2.77. The summed E-state index contributed by atoms with van der Waals surface area (Å²) < 4.78 is 30.4. The van der Waals surface area contributed by atoms with E-state index < -0.39 is 11.6 Å². The number of rotatable bonds is 12. The molecular formula is C25H36N4O6. The molecule has 1 saturated heterocycles. The molecule has 2 aromatic heterocycles. The summed E-state index contributed by atoms with van der Waals surface area (Å²) in [6, 6.07) is 3.37. The minimum absolute atomic E-state index is 0.0353. The molecule has 3 heterocycles. The number of carbonyl (C=O) groups excluding carboxylic acids is 1. The number of carbonyl (C=O) groups is 1. The summed E-state index contributed by atoms with van der Waals surface area (Å²) in [5, 5.41) is 4.14. The van der Waals surface area contributed by atoms with Gasteiger partial charge in [-0.3, -0.25) is 14.5 Å². The minimum Gasteiger partial charge on any atom is -0.490 e. The molecule has 1 amide bonds. The van der Waals surface area contributed by atoms with E-state index in [1.54, 1.807) is 35.3 Å². The first-order valence-electron chi connectivity index (χ1n) is 12.1. The van der Waals surface area contributed by atoms with Gasteiger partial charge in [-0.2, -0.15) is 5.10 Å². The minimum atomic E-state index is -1.19. The van der Waals surface area contributed by atoms with Crippen LogP contribution in [0.25, 0.3) is 0 Å². The van der Waals surface area contributed by atoms with Gasteiger partial charge in [0.2, 0.25) is 0 Å². The third-order valence-electron chi connectivity index (χ3n) is 6.83. The zero-order valence-electron chi connectivity index (χ0n) is 21.0. The van der Waals surface area contributed by atoms with Gasteiger partial charge in [0.1, 0.15) is 31.9 Å². The van der Waals surface area contributed by atoms with Crippen LogP contribution in [0.1, 0.15) is 38.3 Å². The fourth-order valence-corrected chi connectivity index (χ4v) is 4.87. The molecule has 1 aliphatic heterocycles. The number of amides is 1. The van der Waals surface area contributed by atoms with Crippen LogP contribution < -0.4 is 9.47 Å². The summed E-state index contributed by atoms with van der Waals surface area (Å²) in [4.78, 5) is 19.5. The van der Waals surface area contributed by atoms with Gasteiger partial charge in [0.05, 0.1) is 18.5 Å². The van der Waals surface area contributed by atoms with Crippen molar-refractivity contribution in [2.45, 2.75) is 56.8 Å². The van der Waals surface area contributed by atoms with Crippen molar-refractivity contribution in [3.05, 3.63) is 36.4 Å². The van der Waals surface area contributed by atoms with Crippen molar-refractivity contribution in [3.63, 3.8) is 0 Å². The first kappa shape index (κ1) is 25.4. The fourth-order valence-electron chi connectivity index (χ4n) is 4.87. The first-order chi connectivity index (χ1) is 16.9. The van der Waals surface area contributed by atoms with Crippen LogP contribution in [-0.2, 0) is 32.5 Å². The molecule has 10 nitrogen and oxygen atoms in total. The molecule has 2 aromatic rings. The van der Waals surface area contributed by atoms with Gasteiger partial charge in [-0.05, 0) is 37.7 Å². The number of nitrogens with zero attached hydrogens (tertiary/aromatic N) is 4. The van der Waals surface area contributed by atoms with Crippen molar-refractivity contribution in [3.8, 4) is 11.5 Å². The predicted molar refractivity (Wildman–Crippen MR) is 127 cm³/mol. The zero-order chi connectivity index (χ0) is 24.8. The van der Waals surface area contributed by atoms with Crippen LogP contribution in [0.2, 0.25) is 0 Å². The van der Waals surface area contributed by atoms with E-state index in [9.17, 15) is 4.79 Å². The summed E-state index contributed by atoms with van der Waals surface area (Å²) in [6.07, 6.45) is 10.1. The van der Waals surface area contributed by atoms with Crippen LogP contribution in [-0.4, -0.2) is 77.7 Å². The number of hydrogen-bond acceptors (Lipinski definition) is 8. The molecule has 0 unspecified atom stereocenters. The van der Waals surface area contributed by atoms with Crippen molar-refractivity contribution in [2.24, 2.45) is 13.0 Å². The Hall–Kier alpha value is -2.69. The highest BCUT2D eigenvalue weighted by Crippen LogP contribution is 2.38. The number of pyridine rings is 1. The highest BCUT2D eigenvalue weighted by Gasteiger charge is 2.62. The molecule has 2 aliphatic rings. The lowest BCUT2D eigenvalue weighted by atomic mass is 9.78. The zero-order valence-corrected chi connectivity index (χ0v) is 21.0. The smallest absolute Gasteiger partial charge is 0.259 e. The monoisotopic (exact) mass is 488 g/mol. The van der Waals surface area contributed by atoms with Crippen LogP contribution >= 0.6 is 0 Å². The standard InChI is InChI=1S/C25H36N4O6/c1-18-5-7-20(8-6-18)35-21-9-10-26-19(11-21)12-25(34-17-32-4)23(29(16-31-3)24(25)30)15-33-22-13-27-28(2)14-22/h9-11,13-14,18,20,23H,5-8,12,15-17H2,1-4H3/t18?,20?,23-,25+/m0/s1.